The van der Waals surface area contributed by atoms with Crippen molar-refractivity contribution in [3.8, 4) is 22.3 Å². The molecule has 0 saturated heterocycles. The van der Waals surface area contributed by atoms with Gasteiger partial charge in [-0.25, -0.2) is 11.1 Å². The zero-order valence-corrected chi connectivity index (χ0v) is 15.7. The molecule has 0 heterocycles. The van der Waals surface area contributed by atoms with Crippen LogP contribution in [0.3, 0.4) is 0 Å². The van der Waals surface area contributed by atoms with E-state index in [1.807, 2.05) is 30.3 Å². The summed E-state index contributed by atoms with van der Waals surface area (Å²) < 4.78 is 0. The molecule has 2 heteroatoms. The molecule has 0 saturated carbocycles. The van der Waals surface area contributed by atoms with E-state index in [-0.39, 0.29) is 32.7 Å². The molecule has 0 fully saturated rings. The molecule has 0 aliphatic carbocycles. The molecule has 3 rings (SSSR count). The van der Waals surface area contributed by atoms with Crippen LogP contribution in [-0.4, -0.2) is 14.1 Å². The molecule has 0 N–H and O–H groups in total. The molecule has 0 unspecified atom stereocenters. The molecule has 0 aromatic heterocycles. The van der Waals surface area contributed by atoms with Crippen molar-refractivity contribution in [1.82, 2.24) is 0 Å². The summed E-state index contributed by atoms with van der Waals surface area (Å²) >= 11 is 0. The third-order valence-corrected chi connectivity index (χ3v) is 3.50. The molecule has 3 aromatic rings. The van der Waals surface area contributed by atoms with E-state index in [4.69, 9.17) is 0 Å². The second kappa shape index (κ2) is 7.71. The first-order valence-electron chi connectivity index (χ1n) is 7.02. The number of rotatable bonds is 3. The van der Waals surface area contributed by atoms with Crippen molar-refractivity contribution in [2.24, 2.45) is 0 Å². The van der Waals surface area contributed by atoms with Gasteiger partial charge in [0.2, 0.25) is 0 Å². The topological polar surface area (TPSA) is 3.24 Å². The maximum Gasteiger partial charge on any atom is 0.00453 e. The van der Waals surface area contributed by atoms with E-state index in [1.165, 1.54) is 16.8 Å². The fourth-order valence-electron chi connectivity index (χ4n) is 2.52. The molecular weight excluding hydrogens is 343 g/mol. The monoisotopic (exact) mass is 360 g/mol. The van der Waals surface area contributed by atoms with Gasteiger partial charge in [0.05, 0.1) is 0 Å². The summed E-state index contributed by atoms with van der Waals surface area (Å²) in [5.74, 6) is 0. The standard InChI is InChI=1S/C20H17N.Y/c1-21(2)19-15-9-14-18(16-10-5-3-6-11-16)20(19)17-12-7-4-8-13-17;/h3-10,12-13,15H,1-2H3;/q-2;. The first-order valence-corrected chi connectivity index (χ1v) is 7.02. The van der Waals surface area contributed by atoms with E-state index in [9.17, 15) is 0 Å². The van der Waals surface area contributed by atoms with Crippen LogP contribution in [0.5, 0.6) is 0 Å². The van der Waals surface area contributed by atoms with E-state index >= 15 is 0 Å². The minimum Gasteiger partial charge on any atom is -0.394 e. The van der Waals surface area contributed by atoms with Crippen LogP contribution in [0.2, 0.25) is 0 Å². The van der Waals surface area contributed by atoms with E-state index in [1.54, 1.807) is 0 Å². The molecule has 22 heavy (non-hydrogen) atoms. The predicted octanol–water partition coefficient (Wildman–Crippen LogP) is 4.68. The van der Waals surface area contributed by atoms with Crippen molar-refractivity contribution in [3.63, 3.8) is 0 Å². The summed E-state index contributed by atoms with van der Waals surface area (Å²) in [5.41, 5.74) is 5.75. The Labute approximate surface area is 157 Å². The molecule has 107 valence electrons. The summed E-state index contributed by atoms with van der Waals surface area (Å²) in [4.78, 5) is 2.14. The Morgan fingerprint density at radius 1 is 0.773 bits per heavy atom. The quantitative estimate of drug-likeness (QED) is 0.613. The smallest absolute Gasteiger partial charge is 0.00453 e. The van der Waals surface area contributed by atoms with Crippen molar-refractivity contribution in [3.05, 3.63) is 78.9 Å². The molecule has 0 spiro atoms. The number of anilines is 1. The van der Waals surface area contributed by atoms with Gasteiger partial charge in [-0.3, -0.25) is 0 Å². The van der Waals surface area contributed by atoms with Crippen LogP contribution in [0.15, 0.2) is 66.7 Å². The summed E-state index contributed by atoms with van der Waals surface area (Å²) in [5, 5.41) is 0. The minimum atomic E-state index is 0. The van der Waals surface area contributed by atoms with Gasteiger partial charge in [-0.15, -0.1) is 17.7 Å². The van der Waals surface area contributed by atoms with Crippen LogP contribution in [0, 0.1) is 12.1 Å². The molecular formula is C20H17NY-2. The summed E-state index contributed by atoms with van der Waals surface area (Å²) in [7, 11) is 4.14. The Balaban J connectivity index is 0.00000176. The largest absolute Gasteiger partial charge is 0.394 e. The minimum absolute atomic E-state index is 0. The van der Waals surface area contributed by atoms with Crippen molar-refractivity contribution in [2.75, 3.05) is 19.0 Å². The maximum absolute atomic E-state index is 3.39. The average Bonchev–Trinajstić information content (AvgIpc) is 2.55. The van der Waals surface area contributed by atoms with Crippen LogP contribution in [0.25, 0.3) is 22.3 Å². The first kappa shape index (κ1) is 16.9. The molecule has 0 bridgehead atoms. The molecule has 3 aromatic carbocycles. The molecule has 1 nitrogen and oxygen atoms in total. The van der Waals surface area contributed by atoms with Gasteiger partial charge in [0, 0.05) is 46.8 Å². The normalized spacial score (nSPS) is 9.91. The van der Waals surface area contributed by atoms with Gasteiger partial charge in [-0.1, -0.05) is 35.9 Å². The van der Waals surface area contributed by atoms with E-state index in [0.29, 0.717) is 0 Å². The van der Waals surface area contributed by atoms with Crippen molar-refractivity contribution < 1.29 is 32.7 Å². The summed E-state index contributed by atoms with van der Waals surface area (Å²) in [6, 6.07) is 29.3. The second-order valence-corrected chi connectivity index (χ2v) is 5.15. The van der Waals surface area contributed by atoms with Crippen LogP contribution in [0.1, 0.15) is 0 Å². The predicted molar refractivity (Wildman–Crippen MR) is 89.3 cm³/mol. The number of hydrogen-bond acceptors (Lipinski definition) is 1. The Hall–Kier alpha value is -1.44. The van der Waals surface area contributed by atoms with Gasteiger partial charge in [0.1, 0.15) is 0 Å². The fraction of sp³-hybridized carbons (Fsp3) is 0.100. The van der Waals surface area contributed by atoms with Crippen LogP contribution in [0.4, 0.5) is 5.69 Å². The van der Waals surface area contributed by atoms with Gasteiger partial charge in [-0.05, 0) is 5.69 Å². The molecule has 0 aliphatic heterocycles. The Kier molecular flexibility index (Phi) is 5.93. The van der Waals surface area contributed by atoms with Crippen LogP contribution < -0.4 is 4.90 Å². The Morgan fingerprint density at radius 2 is 1.50 bits per heavy atom. The zero-order chi connectivity index (χ0) is 14.7. The summed E-state index contributed by atoms with van der Waals surface area (Å²) in [6.07, 6.45) is 0. The zero-order valence-electron chi connectivity index (χ0n) is 12.9. The fourth-order valence-corrected chi connectivity index (χ4v) is 2.52. The molecule has 0 atom stereocenters. The Bertz CT molecular complexity index is 721. The van der Waals surface area contributed by atoms with Gasteiger partial charge in [-0.2, -0.15) is 36.4 Å². The van der Waals surface area contributed by atoms with Gasteiger partial charge in [0.15, 0.2) is 0 Å². The van der Waals surface area contributed by atoms with Crippen molar-refractivity contribution in [2.45, 2.75) is 0 Å². The maximum atomic E-state index is 3.39. The molecule has 0 amide bonds. The number of nitrogens with zero attached hydrogens (tertiary/aromatic N) is 1. The second-order valence-electron chi connectivity index (χ2n) is 5.15. The SMILES string of the molecule is CN(C)c1cc[c-]c(-c2[c-]cccc2)c1-c1ccccc1.[Y]. The third-order valence-electron chi connectivity index (χ3n) is 3.50. The van der Waals surface area contributed by atoms with Gasteiger partial charge < -0.3 is 4.90 Å². The van der Waals surface area contributed by atoms with E-state index in [0.717, 1.165) is 11.1 Å². The molecule has 1 radical (unpaired) electrons. The van der Waals surface area contributed by atoms with Crippen LogP contribution >= 0.6 is 0 Å². The van der Waals surface area contributed by atoms with Crippen molar-refractivity contribution >= 4 is 5.69 Å². The summed E-state index contributed by atoms with van der Waals surface area (Å²) in [6.45, 7) is 0. The molecule has 0 aliphatic rings. The van der Waals surface area contributed by atoms with E-state index < -0.39 is 0 Å². The average molecular weight is 360 g/mol. The van der Waals surface area contributed by atoms with Gasteiger partial charge in [0.25, 0.3) is 0 Å². The number of benzene rings is 3. The Morgan fingerprint density at radius 3 is 2.14 bits per heavy atom. The first-order chi connectivity index (χ1) is 10.3. The van der Waals surface area contributed by atoms with Crippen LogP contribution in [-0.2, 0) is 32.7 Å². The third kappa shape index (κ3) is 3.48. The van der Waals surface area contributed by atoms with Crippen molar-refractivity contribution in [1.29, 1.82) is 0 Å². The number of hydrogen-bond donors (Lipinski definition) is 0. The van der Waals surface area contributed by atoms with Gasteiger partial charge >= 0.3 is 0 Å². The van der Waals surface area contributed by atoms with E-state index in [2.05, 4.69) is 67.5 Å².